The second-order valence-corrected chi connectivity index (χ2v) is 6.47. The summed E-state index contributed by atoms with van der Waals surface area (Å²) in [6.07, 6.45) is 10.7. The third-order valence-electron chi connectivity index (χ3n) is 5.63. The molecule has 0 saturated heterocycles. The molecule has 0 heterocycles. The summed E-state index contributed by atoms with van der Waals surface area (Å²) in [6, 6.07) is 0. The van der Waals surface area contributed by atoms with E-state index in [-0.39, 0.29) is 11.2 Å². The summed E-state index contributed by atoms with van der Waals surface area (Å²) in [4.78, 5) is 0. The van der Waals surface area contributed by atoms with Crippen molar-refractivity contribution in [3.63, 3.8) is 0 Å². The molecule has 0 unspecified atom stereocenters. The Balaban J connectivity index is 1.81. The normalized spacial score (nSPS) is 52.9. The van der Waals surface area contributed by atoms with Crippen LogP contribution in [0.3, 0.4) is 0 Å². The third-order valence-corrected chi connectivity index (χ3v) is 5.63. The Morgan fingerprint density at radius 2 is 1.12 bits per heavy atom. The summed E-state index contributed by atoms with van der Waals surface area (Å²) >= 11 is 0. The number of rotatable bonds is 0. The van der Waals surface area contributed by atoms with Crippen LogP contribution in [0, 0.1) is 11.8 Å². The molecular formula is C14H24O2. The third kappa shape index (κ3) is 1.62. The highest BCUT2D eigenvalue weighted by molar-refractivity contribution is 5.01. The number of hydrogen-bond acceptors (Lipinski definition) is 2. The van der Waals surface area contributed by atoms with Gasteiger partial charge in [-0.2, -0.15) is 0 Å². The maximum atomic E-state index is 10.6. The first-order valence-corrected chi connectivity index (χ1v) is 7.07. The average molecular weight is 224 g/mol. The van der Waals surface area contributed by atoms with Gasteiger partial charge in [0, 0.05) is 0 Å². The van der Waals surface area contributed by atoms with Crippen molar-refractivity contribution in [2.75, 3.05) is 0 Å². The summed E-state index contributed by atoms with van der Waals surface area (Å²) in [7, 11) is 0. The fraction of sp³-hybridized carbons (Fsp3) is 1.00. The van der Waals surface area contributed by atoms with Crippen molar-refractivity contribution < 1.29 is 10.2 Å². The van der Waals surface area contributed by atoms with E-state index in [2.05, 4.69) is 0 Å². The fourth-order valence-corrected chi connectivity index (χ4v) is 4.63. The van der Waals surface area contributed by atoms with Gasteiger partial charge >= 0.3 is 0 Å². The van der Waals surface area contributed by atoms with Crippen LogP contribution in [-0.4, -0.2) is 21.4 Å². The highest BCUT2D eigenvalue weighted by atomic mass is 16.3. The molecule has 0 spiro atoms. The lowest BCUT2D eigenvalue weighted by atomic mass is 9.71. The van der Waals surface area contributed by atoms with Crippen LogP contribution in [0.1, 0.15) is 64.2 Å². The lowest BCUT2D eigenvalue weighted by Gasteiger charge is -2.40. The first kappa shape index (κ1) is 11.0. The molecule has 3 fully saturated rings. The van der Waals surface area contributed by atoms with Crippen molar-refractivity contribution in [2.24, 2.45) is 11.8 Å². The van der Waals surface area contributed by atoms with Gasteiger partial charge in [-0.15, -0.1) is 0 Å². The van der Waals surface area contributed by atoms with Gasteiger partial charge in [-0.1, -0.05) is 12.8 Å². The lowest BCUT2D eigenvalue weighted by molar-refractivity contribution is -0.0731. The van der Waals surface area contributed by atoms with Crippen LogP contribution in [0.4, 0.5) is 0 Å². The van der Waals surface area contributed by atoms with Gasteiger partial charge in [0.1, 0.15) is 0 Å². The zero-order valence-corrected chi connectivity index (χ0v) is 10.1. The molecule has 4 atom stereocenters. The molecule has 2 nitrogen and oxygen atoms in total. The van der Waals surface area contributed by atoms with E-state index in [4.69, 9.17) is 0 Å². The van der Waals surface area contributed by atoms with Gasteiger partial charge in [0.25, 0.3) is 0 Å². The topological polar surface area (TPSA) is 40.5 Å². The van der Waals surface area contributed by atoms with E-state index in [1.54, 1.807) is 0 Å². The van der Waals surface area contributed by atoms with Crippen molar-refractivity contribution >= 4 is 0 Å². The van der Waals surface area contributed by atoms with Crippen LogP contribution >= 0.6 is 0 Å². The van der Waals surface area contributed by atoms with Crippen molar-refractivity contribution in [1.29, 1.82) is 0 Å². The van der Waals surface area contributed by atoms with Gasteiger partial charge in [0.15, 0.2) is 0 Å². The summed E-state index contributed by atoms with van der Waals surface area (Å²) in [5.41, 5.74) is -0.742. The smallest absolute Gasteiger partial charge is 0.0676 e. The van der Waals surface area contributed by atoms with Crippen LogP contribution in [0.25, 0.3) is 0 Å². The first-order chi connectivity index (χ1) is 7.62. The van der Waals surface area contributed by atoms with Gasteiger partial charge in [0.05, 0.1) is 11.2 Å². The number of fused-ring (bicyclic) bond motifs is 2. The molecule has 3 aliphatic rings. The van der Waals surface area contributed by atoms with Gasteiger partial charge < -0.3 is 10.2 Å². The quantitative estimate of drug-likeness (QED) is 0.664. The Bertz CT molecular complexity index is 252. The van der Waals surface area contributed by atoms with Gasteiger partial charge in [0.2, 0.25) is 0 Å². The Labute approximate surface area is 98.1 Å². The largest absolute Gasteiger partial charge is 0.390 e. The zero-order chi connectivity index (χ0) is 11.2. The predicted molar refractivity (Wildman–Crippen MR) is 63.0 cm³/mol. The van der Waals surface area contributed by atoms with Crippen LogP contribution in [-0.2, 0) is 0 Å². The van der Waals surface area contributed by atoms with E-state index in [9.17, 15) is 10.2 Å². The molecule has 0 aromatic carbocycles. The number of aliphatic hydroxyl groups is 2. The van der Waals surface area contributed by atoms with E-state index < -0.39 is 0 Å². The SMILES string of the molecule is O[C@@]12CCC[C@@H]1C[C@H]1CCC[C@]1(O)CCC2. The molecule has 2 N–H and O–H groups in total. The number of hydrogen-bond donors (Lipinski definition) is 2. The Morgan fingerprint density at radius 1 is 0.688 bits per heavy atom. The summed E-state index contributed by atoms with van der Waals surface area (Å²) in [5.74, 6) is 0.949. The van der Waals surface area contributed by atoms with Crippen molar-refractivity contribution in [2.45, 2.75) is 75.4 Å². The van der Waals surface area contributed by atoms with Crippen molar-refractivity contribution in [1.82, 2.24) is 0 Å². The maximum Gasteiger partial charge on any atom is 0.0676 e. The Morgan fingerprint density at radius 3 is 1.62 bits per heavy atom. The average Bonchev–Trinajstić information content (AvgIpc) is 2.73. The molecule has 0 radical (unpaired) electrons. The van der Waals surface area contributed by atoms with Crippen LogP contribution < -0.4 is 0 Å². The Hall–Kier alpha value is -0.0800. The molecule has 16 heavy (non-hydrogen) atoms. The fourth-order valence-electron chi connectivity index (χ4n) is 4.63. The van der Waals surface area contributed by atoms with E-state index >= 15 is 0 Å². The molecule has 3 aliphatic carbocycles. The molecule has 0 aromatic rings. The predicted octanol–water partition coefficient (Wildman–Crippen LogP) is 2.62. The summed E-state index contributed by atoms with van der Waals surface area (Å²) in [5, 5.41) is 21.3. The molecule has 0 bridgehead atoms. The molecule has 0 aliphatic heterocycles. The van der Waals surface area contributed by atoms with Gasteiger partial charge in [-0.25, -0.2) is 0 Å². The standard InChI is InChI=1S/C14H24O2/c15-13-6-1-4-11(13)10-12-5-2-7-14(12,16)9-3-8-13/h11-12,15-16H,1-10H2/t11-,12-,13-,14+/m1/s1. The Kier molecular flexibility index (Phi) is 2.56. The minimum absolute atomic E-state index is 0.371. The molecular weight excluding hydrogens is 200 g/mol. The minimum atomic E-state index is -0.371. The molecule has 92 valence electrons. The zero-order valence-electron chi connectivity index (χ0n) is 10.1. The molecule has 3 rings (SSSR count). The van der Waals surface area contributed by atoms with Crippen molar-refractivity contribution in [3.8, 4) is 0 Å². The van der Waals surface area contributed by atoms with Crippen LogP contribution in [0.5, 0.6) is 0 Å². The summed E-state index contributed by atoms with van der Waals surface area (Å²) in [6.45, 7) is 0. The lowest BCUT2D eigenvalue weighted by Crippen LogP contribution is -2.42. The maximum absolute atomic E-state index is 10.6. The first-order valence-electron chi connectivity index (χ1n) is 7.07. The second kappa shape index (κ2) is 3.71. The van der Waals surface area contributed by atoms with Gasteiger partial charge in [-0.3, -0.25) is 0 Å². The van der Waals surface area contributed by atoms with Gasteiger partial charge in [-0.05, 0) is 63.2 Å². The van der Waals surface area contributed by atoms with E-state index in [0.717, 1.165) is 38.5 Å². The van der Waals surface area contributed by atoms with E-state index in [1.807, 2.05) is 0 Å². The highest BCUT2D eigenvalue weighted by Crippen LogP contribution is 2.51. The molecule has 3 saturated carbocycles. The monoisotopic (exact) mass is 224 g/mol. The van der Waals surface area contributed by atoms with Crippen molar-refractivity contribution in [3.05, 3.63) is 0 Å². The molecule has 0 amide bonds. The molecule has 2 heteroatoms. The summed E-state index contributed by atoms with van der Waals surface area (Å²) < 4.78 is 0. The van der Waals surface area contributed by atoms with Crippen LogP contribution in [0.15, 0.2) is 0 Å². The highest BCUT2D eigenvalue weighted by Gasteiger charge is 2.49. The molecule has 0 aromatic heterocycles. The van der Waals surface area contributed by atoms with E-state index in [1.165, 1.54) is 25.7 Å². The minimum Gasteiger partial charge on any atom is -0.390 e. The van der Waals surface area contributed by atoms with E-state index in [0.29, 0.717) is 11.8 Å². The van der Waals surface area contributed by atoms with Crippen LogP contribution in [0.2, 0.25) is 0 Å². The second-order valence-electron chi connectivity index (χ2n) is 6.47.